The van der Waals surface area contributed by atoms with Crippen LogP contribution in [0, 0.1) is 0 Å². The fraction of sp³-hybridized carbons (Fsp3) is 0.467. The maximum atomic E-state index is 12.1. The normalized spacial score (nSPS) is 15.6. The molecular formula is C15H20N6O3. The van der Waals surface area contributed by atoms with Crippen LogP contribution in [0.1, 0.15) is 12.8 Å². The van der Waals surface area contributed by atoms with Crippen LogP contribution in [0.2, 0.25) is 0 Å². The Kier molecular flexibility index (Phi) is 4.61. The number of carbonyl (C=O) groups is 2. The average molecular weight is 332 g/mol. The summed E-state index contributed by atoms with van der Waals surface area (Å²) in [5, 5.41) is 2.64. The maximum absolute atomic E-state index is 12.1. The summed E-state index contributed by atoms with van der Waals surface area (Å²) >= 11 is 0. The zero-order valence-corrected chi connectivity index (χ0v) is 13.5. The van der Waals surface area contributed by atoms with Crippen molar-refractivity contribution in [2.45, 2.75) is 12.8 Å². The van der Waals surface area contributed by atoms with Gasteiger partial charge in [0, 0.05) is 39.0 Å². The third kappa shape index (κ3) is 3.80. The molecule has 128 valence electrons. The van der Waals surface area contributed by atoms with E-state index in [2.05, 4.69) is 25.2 Å². The smallest absolute Gasteiger partial charge is 0.325 e. The number of pyridine rings is 1. The zero-order valence-electron chi connectivity index (χ0n) is 13.5. The number of fused-ring (bicyclic) bond motifs is 1. The van der Waals surface area contributed by atoms with Crippen LogP contribution in [0.5, 0.6) is 0 Å². The molecule has 3 rings (SSSR count). The van der Waals surface area contributed by atoms with E-state index in [0.717, 1.165) is 13.1 Å². The average Bonchev–Trinajstić information content (AvgIpc) is 2.92. The molecule has 24 heavy (non-hydrogen) atoms. The SMILES string of the molecule is CN1CCN(C(=O)CCC(=O)Nc2ccc3[nH]c(=O)[nH]c3n2)CC1. The number of likely N-dealkylation sites (N-methyl/N-ethyl adjacent to an activating group) is 1. The van der Waals surface area contributed by atoms with Crippen molar-refractivity contribution in [3.63, 3.8) is 0 Å². The Labute approximate surface area is 138 Å². The van der Waals surface area contributed by atoms with E-state index in [4.69, 9.17) is 0 Å². The number of anilines is 1. The van der Waals surface area contributed by atoms with Crippen molar-refractivity contribution in [3.8, 4) is 0 Å². The molecule has 0 bridgehead atoms. The molecule has 0 saturated carbocycles. The summed E-state index contributed by atoms with van der Waals surface area (Å²) < 4.78 is 0. The molecule has 2 aromatic rings. The fourth-order valence-corrected chi connectivity index (χ4v) is 2.63. The Balaban J connectivity index is 1.51. The number of aromatic amines is 2. The lowest BCUT2D eigenvalue weighted by Gasteiger charge is -2.32. The number of aromatic nitrogens is 3. The second-order valence-electron chi connectivity index (χ2n) is 5.90. The van der Waals surface area contributed by atoms with Gasteiger partial charge >= 0.3 is 5.69 Å². The minimum atomic E-state index is -0.348. The molecule has 0 unspecified atom stereocenters. The first-order valence-corrected chi connectivity index (χ1v) is 7.86. The van der Waals surface area contributed by atoms with Gasteiger partial charge in [0.15, 0.2) is 5.65 Å². The van der Waals surface area contributed by atoms with Crippen LogP contribution in [0.3, 0.4) is 0 Å². The Morgan fingerprint density at radius 2 is 1.92 bits per heavy atom. The standard InChI is InChI=1S/C15H20N6O3/c1-20-6-8-21(9-7-20)13(23)5-4-12(22)17-11-3-2-10-14(18-11)19-15(24)16-10/h2-3H,4-9H2,1H3,(H3,16,17,18,19,22,24). The van der Waals surface area contributed by atoms with Crippen LogP contribution < -0.4 is 11.0 Å². The van der Waals surface area contributed by atoms with Gasteiger partial charge in [-0.3, -0.25) is 14.6 Å². The highest BCUT2D eigenvalue weighted by Gasteiger charge is 2.19. The molecule has 0 aliphatic carbocycles. The summed E-state index contributed by atoms with van der Waals surface area (Å²) in [5.41, 5.74) is 0.605. The van der Waals surface area contributed by atoms with E-state index in [1.807, 2.05) is 7.05 Å². The van der Waals surface area contributed by atoms with E-state index < -0.39 is 0 Å². The third-order valence-electron chi connectivity index (χ3n) is 4.06. The number of imidazole rings is 1. The minimum Gasteiger partial charge on any atom is -0.340 e. The number of nitrogens with zero attached hydrogens (tertiary/aromatic N) is 3. The van der Waals surface area contributed by atoms with Gasteiger partial charge in [0.2, 0.25) is 11.8 Å². The second kappa shape index (κ2) is 6.83. The van der Waals surface area contributed by atoms with Gasteiger partial charge in [-0.1, -0.05) is 0 Å². The van der Waals surface area contributed by atoms with E-state index in [1.54, 1.807) is 17.0 Å². The second-order valence-corrected chi connectivity index (χ2v) is 5.90. The molecule has 2 aromatic heterocycles. The van der Waals surface area contributed by atoms with Crippen LogP contribution in [0.4, 0.5) is 5.82 Å². The van der Waals surface area contributed by atoms with Gasteiger partial charge in [-0.2, -0.15) is 0 Å². The molecule has 2 amide bonds. The molecule has 9 nitrogen and oxygen atoms in total. The summed E-state index contributed by atoms with van der Waals surface area (Å²) in [4.78, 5) is 48.5. The summed E-state index contributed by atoms with van der Waals surface area (Å²) in [7, 11) is 2.02. The molecule has 3 N–H and O–H groups in total. The van der Waals surface area contributed by atoms with Gasteiger partial charge in [0.25, 0.3) is 0 Å². The molecule has 3 heterocycles. The lowest BCUT2D eigenvalue weighted by Crippen LogP contribution is -2.47. The number of nitrogens with one attached hydrogen (secondary N) is 3. The predicted octanol–water partition coefficient (Wildman–Crippen LogP) is -0.256. The summed E-state index contributed by atoms with van der Waals surface area (Å²) in [6.45, 7) is 3.12. The molecule has 0 spiro atoms. The van der Waals surface area contributed by atoms with Gasteiger partial charge in [0.1, 0.15) is 5.82 Å². The Morgan fingerprint density at radius 3 is 2.67 bits per heavy atom. The number of carbonyl (C=O) groups excluding carboxylic acids is 2. The topological polar surface area (TPSA) is 114 Å². The minimum absolute atomic E-state index is 0.00312. The first-order chi connectivity index (χ1) is 11.5. The Morgan fingerprint density at radius 1 is 1.17 bits per heavy atom. The van der Waals surface area contributed by atoms with Gasteiger partial charge in [-0.15, -0.1) is 0 Å². The third-order valence-corrected chi connectivity index (χ3v) is 4.06. The van der Waals surface area contributed by atoms with Gasteiger partial charge in [0.05, 0.1) is 5.52 Å². The molecule has 0 aromatic carbocycles. The van der Waals surface area contributed by atoms with Crippen molar-refractivity contribution in [2.75, 3.05) is 38.5 Å². The zero-order chi connectivity index (χ0) is 17.1. The summed E-state index contributed by atoms with van der Waals surface area (Å²) in [6, 6.07) is 3.26. The highest BCUT2D eigenvalue weighted by Crippen LogP contribution is 2.10. The number of amides is 2. The van der Waals surface area contributed by atoms with Crippen molar-refractivity contribution < 1.29 is 9.59 Å². The lowest BCUT2D eigenvalue weighted by molar-refractivity contribution is -0.134. The van der Waals surface area contributed by atoms with Crippen molar-refractivity contribution >= 4 is 28.8 Å². The van der Waals surface area contributed by atoms with E-state index in [1.165, 1.54) is 0 Å². The summed E-state index contributed by atoms with van der Waals surface area (Å²) in [5.74, 6) is 0.0635. The monoisotopic (exact) mass is 332 g/mol. The largest absolute Gasteiger partial charge is 0.340 e. The lowest BCUT2D eigenvalue weighted by atomic mass is 10.2. The first-order valence-electron chi connectivity index (χ1n) is 7.86. The van der Waals surface area contributed by atoms with Gasteiger partial charge in [-0.05, 0) is 19.2 Å². The molecule has 9 heteroatoms. The van der Waals surface area contributed by atoms with E-state index >= 15 is 0 Å². The molecular weight excluding hydrogens is 312 g/mol. The predicted molar refractivity (Wildman–Crippen MR) is 88.7 cm³/mol. The van der Waals surface area contributed by atoms with Crippen LogP contribution in [0.15, 0.2) is 16.9 Å². The number of piperazine rings is 1. The van der Waals surface area contributed by atoms with E-state index in [-0.39, 0.29) is 30.3 Å². The van der Waals surface area contributed by atoms with Crippen molar-refractivity contribution in [2.24, 2.45) is 0 Å². The van der Waals surface area contributed by atoms with Crippen molar-refractivity contribution in [1.82, 2.24) is 24.8 Å². The molecule has 1 aliphatic heterocycles. The molecule has 0 radical (unpaired) electrons. The quantitative estimate of drug-likeness (QED) is 0.714. The van der Waals surface area contributed by atoms with Crippen molar-refractivity contribution in [3.05, 3.63) is 22.6 Å². The molecule has 1 fully saturated rings. The molecule has 0 atom stereocenters. The highest BCUT2D eigenvalue weighted by molar-refractivity contribution is 5.93. The number of hydrogen-bond acceptors (Lipinski definition) is 5. The van der Waals surface area contributed by atoms with Crippen LogP contribution in [-0.2, 0) is 9.59 Å². The van der Waals surface area contributed by atoms with E-state index in [9.17, 15) is 14.4 Å². The summed E-state index contributed by atoms with van der Waals surface area (Å²) in [6.07, 6.45) is 0.285. The molecule has 1 aliphatic rings. The van der Waals surface area contributed by atoms with Gasteiger partial charge < -0.3 is 20.1 Å². The Hall–Kier alpha value is -2.68. The van der Waals surface area contributed by atoms with Gasteiger partial charge in [-0.25, -0.2) is 9.78 Å². The van der Waals surface area contributed by atoms with Crippen LogP contribution in [-0.4, -0.2) is 69.8 Å². The maximum Gasteiger partial charge on any atom is 0.325 e. The highest BCUT2D eigenvalue weighted by atomic mass is 16.2. The van der Waals surface area contributed by atoms with Crippen LogP contribution >= 0.6 is 0 Å². The fourth-order valence-electron chi connectivity index (χ4n) is 2.63. The first kappa shape index (κ1) is 16.2. The number of H-pyrrole nitrogens is 2. The van der Waals surface area contributed by atoms with E-state index in [0.29, 0.717) is 30.1 Å². The van der Waals surface area contributed by atoms with Crippen LogP contribution in [0.25, 0.3) is 11.2 Å². The number of rotatable bonds is 4. The number of hydrogen-bond donors (Lipinski definition) is 3. The molecule has 1 saturated heterocycles. The van der Waals surface area contributed by atoms with Crippen molar-refractivity contribution in [1.29, 1.82) is 0 Å². The Bertz CT molecular complexity index is 803.